The van der Waals surface area contributed by atoms with Crippen molar-refractivity contribution >= 4 is 12.1 Å². The maximum Gasteiger partial charge on any atom is 0.408 e. The van der Waals surface area contributed by atoms with E-state index in [9.17, 15) is 4.79 Å². The number of rotatable bonds is 7. The van der Waals surface area contributed by atoms with Crippen LogP contribution in [0.3, 0.4) is 0 Å². The molecule has 1 amide bonds. The van der Waals surface area contributed by atoms with Crippen molar-refractivity contribution < 1.29 is 14.1 Å². The Bertz CT molecular complexity index is 681. The van der Waals surface area contributed by atoms with Gasteiger partial charge in [-0.3, -0.25) is 4.99 Å². The second-order valence-corrected chi connectivity index (χ2v) is 9.16. The van der Waals surface area contributed by atoms with Gasteiger partial charge in [-0.25, -0.2) is 4.79 Å². The third-order valence-corrected chi connectivity index (χ3v) is 4.46. The molecule has 1 aromatic rings. The number of guanidine groups is 1. The van der Waals surface area contributed by atoms with E-state index in [4.69, 9.17) is 9.26 Å². The molecule has 0 unspecified atom stereocenters. The van der Waals surface area contributed by atoms with Crippen LogP contribution in [0, 0.1) is 0 Å². The predicted octanol–water partition coefficient (Wildman–Crippen LogP) is 3.12. The topological polar surface area (TPSA) is 114 Å². The Hall–Kier alpha value is -2.32. The van der Waals surface area contributed by atoms with E-state index in [2.05, 4.69) is 31.1 Å². The summed E-state index contributed by atoms with van der Waals surface area (Å²) in [7, 11) is 1.69. The highest BCUT2D eigenvalue weighted by Crippen LogP contribution is 2.19. The number of carbonyl (C=O) groups is 1. The summed E-state index contributed by atoms with van der Waals surface area (Å²) in [5, 5.41) is 13.5. The summed E-state index contributed by atoms with van der Waals surface area (Å²) in [6.45, 7) is 16.5. The molecule has 0 aromatic carbocycles. The molecule has 1 rings (SSSR count). The number of amides is 1. The number of hydrogen-bond donors (Lipinski definition) is 3. The zero-order valence-corrected chi connectivity index (χ0v) is 19.4. The summed E-state index contributed by atoms with van der Waals surface area (Å²) >= 11 is 0. The summed E-state index contributed by atoms with van der Waals surface area (Å²) in [5.41, 5.74) is -1.19. The Balaban J connectivity index is 2.67. The molecule has 0 saturated heterocycles. The monoisotopic (exact) mass is 410 g/mol. The summed E-state index contributed by atoms with van der Waals surface area (Å²) in [6.07, 6.45) is 1.06. The van der Waals surface area contributed by atoms with Crippen LogP contribution in [0.15, 0.2) is 9.52 Å². The Kier molecular flexibility index (Phi) is 8.47. The van der Waals surface area contributed by atoms with Crippen molar-refractivity contribution in [1.82, 2.24) is 26.1 Å². The van der Waals surface area contributed by atoms with E-state index in [1.54, 1.807) is 7.05 Å². The van der Waals surface area contributed by atoms with Crippen LogP contribution in [0.1, 0.15) is 79.9 Å². The van der Waals surface area contributed by atoms with Gasteiger partial charge in [0.1, 0.15) is 5.60 Å². The van der Waals surface area contributed by atoms with Crippen molar-refractivity contribution in [3.8, 4) is 0 Å². The van der Waals surface area contributed by atoms with Gasteiger partial charge in [-0.15, -0.1) is 0 Å². The lowest BCUT2D eigenvalue weighted by molar-refractivity contribution is 0.0448. The van der Waals surface area contributed by atoms with Gasteiger partial charge in [0.15, 0.2) is 11.8 Å². The number of nitrogens with zero attached hydrogens (tertiary/aromatic N) is 3. The van der Waals surface area contributed by atoms with Crippen molar-refractivity contribution in [3.63, 3.8) is 0 Å². The van der Waals surface area contributed by atoms with Crippen molar-refractivity contribution in [2.24, 2.45) is 4.99 Å². The van der Waals surface area contributed by atoms with Gasteiger partial charge in [0.05, 0.1) is 12.1 Å². The standard InChI is InChI=1S/C20H38N6O3/c1-10-20(11-2,25-17(27)28-19(6,7)8)13-23-16(21-9)22-12-14-24-15(29-26-14)18(3,4)5/h10-13H2,1-9H3,(H,25,27)(H2,21,22,23). The SMILES string of the molecule is CCC(CC)(CNC(=NC)NCc1noc(C(C)(C)C)n1)NC(=O)OC(C)(C)C. The van der Waals surface area contributed by atoms with Crippen LogP contribution in [0.4, 0.5) is 4.79 Å². The normalized spacial score (nSPS) is 13.2. The van der Waals surface area contributed by atoms with Crippen LogP contribution in [0.5, 0.6) is 0 Å². The zero-order valence-electron chi connectivity index (χ0n) is 19.4. The number of aromatic nitrogens is 2. The molecule has 0 aliphatic heterocycles. The van der Waals surface area contributed by atoms with E-state index in [0.717, 1.165) is 12.8 Å². The van der Waals surface area contributed by atoms with Gasteiger partial charge in [0.25, 0.3) is 0 Å². The molecule has 0 bridgehead atoms. The van der Waals surface area contributed by atoms with Crippen LogP contribution in [-0.4, -0.2) is 46.9 Å². The predicted molar refractivity (Wildman–Crippen MR) is 114 cm³/mol. The second kappa shape index (κ2) is 9.93. The van der Waals surface area contributed by atoms with Crippen LogP contribution >= 0.6 is 0 Å². The zero-order chi connectivity index (χ0) is 22.3. The third kappa shape index (κ3) is 8.29. The Morgan fingerprint density at radius 1 is 1.10 bits per heavy atom. The fourth-order valence-corrected chi connectivity index (χ4v) is 2.51. The molecule has 0 spiro atoms. The van der Waals surface area contributed by atoms with Crippen LogP contribution in [-0.2, 0) is 16.7 Å². The van der Waals surface area contributed by atoms with Crippen LogP contribution in [0.25, 0.3) is 0 Å². The minimum atomic E-state index is -0.543. The Morgan fingerprint density at radius 3 is 2.17 bits per heavy atom. The van der Waals surface area contributed by atoms with E-state index in [-0.39, 0.29) is 5.41 Å². The highest BCUT2D eigenvalue weighted by Gasteiger charge is 2.30. The van der Waals surface area contributed by atoms with Crippen molar-refractivity contribution in [2.75, 3.05) is 13.6 Å². The molecule has 0 aliphatic rings. The van der Waals surface area contributed by atoms with Gasteiger partial charge in [-0.05, 0) is 33.6 Å². The van der Waals surface area contributed by atoms with E-state index in [0.29, 0.717) is 30.8 Å². The molecule has 0 fully saturated rings. The largest absolute Gasteiger partial charge is 0.444 e. The highest BCUT2D eigenvalue weighted by atomic mass is 16.6. The molecule has 0 radical (unpaired) electrons. The summed E-state index contributed by atoms with van der Waals surface area (Å²) in [6, 6.07) is 0. The van der Waals surface area contributed by atoms with Gasteiger partial charge in [-0.1, -0.05) is 39.8 Å². The van der Waals surface area contributed by atoms with Gasteiger partial charge in [0, 0.05) is 19.0 Å². The molecule has 0 saturated carbocycles. The molecule has 0 atom stereocenters. The first-order valence-electron chi connectivity index (χ1n) is 10.1. The maximum atomic E-state index is 12.3. The lowest BCUT2D eigenvalue weighted by Gasteiger charge is -2.34. The molecule has 9 nitrogen and oxygen atoms in total. The number of nitrogens with one attached hydrogen (secondary N) is 3. The van der Waals surface area contributed by atoms with Gasteiger partial charge >= 0.3 is 6.09 Å². The number of aliphatic imine (C=N–C) groups is 1. The molecule has 3 N–H and O–H groups in total. The second-order valence-electron chi connectivity index (χ2n) is 9.16. The lowest BCUT2D eigenvalue weighted by Crippen LogP contribution is -2.57. The molecule has 1 aromatic heterocycles. The average Bonchev–Trinajstić information content (AvgIpc) is 3.08. The van der Waals surface area contributed by atoms with Gasteiger partial charge in [-0.2, -0.15) is 4.98 Å². The molecular weight excluding hydrogens is 372 g/mol. The average molecular weight is 411 g/mol. The van der Waals surface area contributed by atoms with Gasteiger partial charge < -0.3 is 25.2 Å². The summed E-state index contributed by atoms with van der Waals surface area (Å²) in [5.74, 6) is 1.74. The van der Waals surface area contributed by atoms with E-state index < -0.39 is 17.2 Å². The summed E-state index contributed by atoms with van der Waals surface area (Å²) in [4.78, 5) is 20.9. The van der Waals surface area contributed by atoms with Gasteiger partial charge in [0.2, 0.25) is 5.89 Å². The number of hydrogen-bond acceptors (Lipinski definition) is 6. The van der Waals surface area contributed by atoms with Crippen LogP contribution in [0.2, 0.25) is 0 Å². The number of ether oxygens (including phenoxy) is 1. The molecule has 0 aliphatic carbocycles. The first kappa shape index (κ1) is 24.7. The molecule has 166 valence electrons. The lowest BCUT2D eigenvalue weighted by atomic mass is 9.93. The van der Waals surface area contributed by atoms with Crippen molar-refractivity contribution in [2.45, 2.75) is 91.3 Å². The molecule has 9 heteroatoms. The van der Waals surface area contributed by atoms with Crippen LogP contribution < -0.4 is 16.0 Å². The number of carbonyl (C=O) groups excluding carboxylic acids is 1. The first-order chi connectivity index (χ1) is 13.3. The first-order valence-corrected chi connectivity index (χ1v) is 10.1. The van der Waals surface area contributed by atoms with Crippen molar-refractivity contribution in [1.29, 1.82) is 0 Å². The highest BCUT2D eigenvalue weighted by molar-refractivity contribution is 5.79. The maximum absolute atomic E-state index is 12.3. The third-order valence-electron chi connectivity index (χ3n) is 4.46. The Morgan fingerprint density at radius 2 is 1.72 bits per heavy atom. The molecule has 29 heavy (non-hydrogen) atoms. The van der Waals surface area contributed by atoms with E-state index >= 15 is 0 Å². The van der Waals surface area contributed by atoms with E-state index in [1.165, 1.54) is 0 Å². The smallest absolute Gasteiger partial charge is 0.408 e. The Labute approximate surface area is 174 Å². The fraction of sp³-hybridized carbons (Fsp3) is 0.800. The quantitative estimate of drug-likeness (QED) is 0.467. The minimum absolute atomic E-state index is 0.194. The summed E-state index contributed by atoms with van der Waals surface area (Å²) < 4.78 is 10.7. The molecule has 1 heterocycles. The fourth-order valence-electron chi connectivity index (χ4n) is 2.51. The minimum Gasteiger partial charge on any atom is -0.444 e. The van der Waals surface area contributed by atoms with E-state index in [1.807, 2.05) is 55.4 Å². The van der Waals surface area contributed by atoms with Crippen molar-refractivity contribution in [3.05, 3.63) is 11.7 Å². The number of alkyl carbamates (subject to hydrolysis) is 1. The molecular formula is C20H38N6O3.